The molecule has 0 aliphatic rings. The summed E-state index contributed by atoms with van der Waals surface area (Å²) in [4.78, 5) is 0. The van der Waals surface area contributed by atoms with Gasteiger partial charge in [0.2, 0.25) is 0 Å². The maximum absolute atomic E-state index is 11.8. The van der Waals surface area contributed by atoms with Gasteiger partial charge in [0.05, 0.1) is 6.61 Å². The molecule has 2 aromatic carbocycles. The van der Waals surface area contributed by atoms with Crippen molar-refractivity contribution < 1.29 is 13.5 Å². The van der Waals surface area contributed by atoms with Crippen molar-refractivity contribution in [2.45, 2.75) is 13.0 Å². The molecular weight excluding hydrogens is 210 g/mol. The van der Waals surface area contributed by atoms with E-state index in [1.165, 1.54) is 0 Å². The van der Waals surface area contributed by atoms with Crippen molar-refractivity contribution in [1.29, 1.82) is 0 Å². The van der Waals surface area contributed by atoms with Crippen molar-refractivity contribution in [3.05, 3.63) is 48.0 Å². The van der Waals surface area contributed by atoms with Crippen molar-refractivity contribution in [1.82, 2.24) is 0 Å². The molecule has 0 fully saturated rings. The summed E-state index contributed by atoms with van der Waals surface area (Å²) in [6.07, 6.45) is 0.506. The number of fused-ring (bicyclic) bond motifs is 1. The fourth-order valence-corrected chi connectivity index (χ4v) is 1.77. The van der Waals surface area contributed by atoms with Gasteiger partial charge in [-0.05, 0) is 22.8 Å². The summed E-state index contributed by atoms with van der Waals surface area (Å²) in [5.41, 5.74) is 1.04. The average molecular weight is 222 g/mol. The minimum atomic E-state index is -2.69. The maximum atomic E-state index is 11.8. The Kier molecular flexibility index (Phi) is 3.47. The van der Waals surface area contributed by atoms with Crippen LogP contribution in [0.2, 0.25) is 0 Å². The van der Waals surface area contributed by atoms with Crippen LogP contribution in [0.15, 0.2) is 42.5 Å². The number of hydrogen-bond donors (Lipinski definition) is 0. The lowest BCUT2D eigenvalue weighted by atomic mass is 10.0. The van der Waals surface area contributed by atoms with Crippen LogP contribution < -0.4 is 0 Å². The lowest BCUT2D eigenvalue weighted by Gasteiger charge is -2.06. The van der Waals surface area contributed by atoms with E-state index in [1.807, 2.05) is 42.5 Å². The molecule has 0 aliphatic carbocycles. The molecule has 16 heavy (non-hydrogen) atoms. The maximum Gasteiger partial charge on any atom is 0.345 e. The number of rotatable bonds is 4. The molecule has 0 atom stereocenters. The molecule has 0 aliphatic heterocycles. The normalized spacial score (nSPS) is 11.2. The molecular formula is C13H12F2O. The van der Waals surface area contributed by atoms with E-state index in [4.69, 9.17) is 0 Å². The first-order valence-electron chi connectivity index (χ1n) is 5.14. The molecule has 2 rings (SSSR count). The first-order chi connectivity index (χ1) is 7.77. The van der Waals surface area contributed by atoms with Crippen LogP contribution in [0.5, 0.6) is 0 Å². The third kappa shape index (κ3) is 2.55. The van der Waals surface area contributed by atoms with E-state index in [-0.39, 0.29) is 6.61 Å². The highest BCUT2D eigenvalue weighted by Crippen LogP contribution is 2.18. The fourth-order valence-electron chi connectivity index (χ4n) is 1.77. The van der Waals surface area contributed by atoms with Crippen LogP contribution in [0.3, 0.4) is 0 Å². The molecule has 0 saturated heterocycles. The third-order valence-electron chi connectivity index (χ3n) is 2.50. The molecule has 2 aromatic rings. The molecule has 0 unspecified atom stereocenters. The average Bonchev–Trinajstić information content (AvgIpc) is 2.29. The van der Waals surface area contributed by atoms with Gasteiger partial charge >= 0.3 is 6.61 Å². The van der Waals surface area contributed by atoms with Crippen molar-refractivity contribution in [2.24, 2.45) is 0 Å². The largest absolute Gasteiger partial charge is 0.345 e. The van der Waals surface area contributed by atoms with Gasteiger partial charge in [-0.25, -0.2) is 0 Å². The topological polar surface area (TPSA) is 9.23 Å². The summed E-state index contributed by atoms with van der Waals surface area (Å²) in [5.74, 6) is 0. The quantitative estimate of drug-likeness (QED) is 0.767. The highest BCUT2D eigenvalue weighted by molar-refractivity contribution is 5.85. The summed E-state index contributed by atoms with van der Waals surface area (Å²) in [6.45, 7) is -2.64. The van der Waals surface area contributed by atoms with Gasteiger partial charge in [0.1, 0.15) is 0 Å². The predicted octanol–water partition coefficient (Wildman–Crippen LogP) is 3.62. The Labute approximate surface area is 92.7 Å². The van der Waals surface area contributed by atoms with Crippen LogP contribution in [0.4, 0.5) is 8.78 Å². The van der Waals surface area contributed by atoms with Gasteiger partial charge in [-0.1, -0.05) is 42.5 Å². The molecule has 0 amide bonds. The lowest BCUT2D eigenvalue weighted by molar-refractivity contribution is -0.127. The lowest BCUT2D eigenvalue weighted by Crippen LogP contribution is -2.03. The second-order valence-corrected chi connectivity index (χ2v) is 3.52. The molecule has 0 radical (unpaired) electrons. The Hall–Kier alpha value is -1.48. The van der Waals surface area contributed by atoms with Crippen molar-refractivity contribution in [3.8, 4) is 0 Å². The fraction of sp³-hybridized carbons (Fsp3) is 0.231. The van der Waals surface area contributed by atoms with Crippen molar-refractivity contribution in [3.63, 3.8) is 0 Å². The zero-order valence-electron chi connectivity index (χ0n) is 8.70. The van der Waals surface area contributed by atoms with Gasteiger partial charge in [-0.3, -0.25) is 0 Å². The molecule has 0 bridgehead atoms. The number of alkyl halides is 2. The number of ether oxygens (including phenoxy) is 1. The molecule has 0 N–H and O–H groups in total. The van der Waals surface area contributed by atoms with E-state index in [1.54, 1.807) is 0 Å². The third-order valence-corrected chi connectivity index (χ3v) is 2.50. The SMILES string of the molecule is FC(F)OCCc1cccc2ccccc12. The van der Waals surface area contributed by atoms with E-state index < -0.39 is 6.61 Å². The van der Waals surface area contributed by atoms with Gasteiger partial charge in [-0.15, -0.1) is 0 Å². The second kappa shape index (κ2) is 5.03. The molecule has 0 spiro atoms. The molecule has 0 heterocycles. The molecule has 0 saturated carbocycles. The molecule has 1 nitrogen and oxygen atoms in total. The van der Waals surface area contributed by atoms with E-state index in [0.29, 0.717) is 6.42 Å². The highest BCUT2D eigenvalue weighted by atomic mass is 19.3. The first-order valence-corrected chi connectivity index (χ1v) is 5.14. The minimum absolute atomic E-state index is 0.0473. The van der Waals surface area contributed by atoms with E-state index >= 15 is 0 Å². The zero-order valence-corrected chi connectivity index (χ0v) is 8.70. The predicted molar refractivity (Wildman–Crippen MR) is 59.6 cm³/mol. The number of benzene rings is 2. The van der Waals surface area contributed by atoms with Crippen LogP contribution in [-0.2, 0) is 11.2 Å². The number of hydrogen-bond acceptors (Lipinski definition) is 1. The highest BCUT2D eigenvalue weighted by Gasteiger charge is 2.03. The molecule has 3 heteroatoms. The Balaban J connectivity index is 2.17. The zero-order chi connectivity index (χ0) is 11.4. The van der Waals surface area contributed by atoms with E-state index in [0.717, 1.165) is 16.3 Å². The van der Waals surface area contributed by atoms with E-state index in [2.05, 4.69) is 4.74 Å². The summed E-state index contributed by atoms with van der Waals surface area (Å²) >= 11 is 0. The van der Waals surface area contributed by atoms with Gasteiger partial charge in [0.15, 0.2) is 0 Å². The van der Waals surface area contributed by atoms with E-state index in [9.17, 15) is 8.78 Å². The Morgan fingerprint density at radius 3 is 2.56 bits per heavy atom. The Bertz CT molecular complexity index is 463. The molecule has 84 valence electrons. The van der Waals surface area contributed by atoms with Crippen LogP contribution in [-0.4, -0.2) is 13.2 Å². The van der Waals surface area contributed by atoms with Crippen molar-refractivity contribution >= 4 is 10.8 Å². The van der Waals surface area contributed by atoms with Gasteiger partial charge in [0.25, 0.3) is 0 Å². The Morgan fingerprint density at radius 1 is 1.00 bits per heavy atom. The first kappa shape index (κ1) is 11.0. The van der Waals surface area contributed by atoms with Crippen LogP contribution >= 0.6 is 0 Å². The minimum Gasteiger partial charge on any atom is -0.323 e. The standard InChI is InChI=1S/C13H12F2O/c14-13(15)16-9-8-11-6-3-5-10-4-1-2-7-12(10)11/h1-7,13H,8-9H2. The smallest absolute Gasteiger partial charge is 0.323 e. The summed E-state index contributed by atoms with van der Waals surface area (Å²) in [5, 5.41) is 2.22. The van der Waals surface area contributed by atoms with Gasteiger partial charge in [0, 0.05) is 0 Å². The van der Waals surface area contributed by atoms with Gasteiger partial charge in [-0.2, -0.15) is 8.78 Å². The second-order valence-electron chi connectivity index (χ2n) is 3.52. The Morgan fingerprint density at radius 2 is 1.75 bits per heavy atom. The monoisotopic (exact) mass is 222 g/mol. The summed E-state index contributed by atoms with van der Waals surface area (Å²) in [7, 11) is 0. The summed E-state index contributed by atoms with van der Waals surface area (Å²) < 4.78 is 27.9. The van der Waals surface area contributed by atoms with Gasteiger partial charge < -0.3 is 4.74 Å². The van der Waals surface area contributed by atoms with Crippen LogP contribution in [0.1, 0.15) is 5.56 Å². The molecule has 0 aromatic heterocycles. The van der Waals surface area contributed by atoms with Crippen molar-refractivity contribution in [2.75, 3.05) is 6.61 Å². The van der Waals surface area contributed by atoms with Crippen LogP contribution in [0, 0.1) is 0 Å². The van der Waals surface area contributed by atoms with Crippen LogP contribution in [0.25, 0.3) is 10.8 Å². The summed E-state index contributed by atoms with van der Waals surface area (Å²) in [6, 6.07) is 13.8. The number of halogens is 2.